The van der Waals surface area contributed by atoms with Crippen molar-refractivity contribution in [3.63, 3.8) is 0 Å². The molecule has 0 aromatic rings. The van der Waals surface area contributed by atoms with E-state index in [1.807, 2.05) is 34.6 Å². The topological polar surface area (TPSA) is 78.5 Å². The van der Waals surface area contributed by atoms with Gasteiger partial charge in [-0.15, -0.1) is 0 Å². The van der Waals surface area contributed by atoms with Gasteiger partial charge < -0.3 is 10.6 Å². The molecule has 114 valence electrons. The molecule has 0 spiro atoms. The van der Waals surface area contributed by atoms with Gasteiger partial charge in [0.2, 0.25) is 5.91 Å². The predicted octanol–water partition coefficient (Wildman–Crippen LogP) is 1.11. The van der Waals surface area contributed by atoms with Gasteiger partial charge in [-0.05, 0) is 25.2 Å². The van der Waals surface area contributed by atoms with E-state index in [0.29, 0.717) is 18.3 Å². The maximum atomic E-state index is 12.1. The third-order valence-corrected chi connectivity index (χ3v) is 3.50. The number of nitrogens with one attached hydrogen (secondary N) is 2. The number of hydrogen-bond acceptors (Lipinski definition) is 3. The van der Waals surface area contributed by atoms with Crippen LogP contribution in [0.3, 0.4) is 0 Å². The molecule has 0 radical (unpaired) electrons. The van der Waals surface area contributed by atoms with Crippen molar-refractivity contribution in [2.75, 3.05) is 6.54 Å². The first kappa shape index (κ1) is 16.5. The first-order valence-corrected chi connectivity index (χ1v) is 7.13. The fraction of sp³-hybridized carbons (Fsp3) is 0.786. The lowest BCUT2D eigenvalue weighted by Crippen LogP contribution is -2.45. The predicted molar refractivity (Wildman–Crippen MR) is 75.9 cm³/mol. The van der Waals surface area contributed by atoms with Crippen LogP contribution in [0.25, 0.3) is 0 Å². The Morgan fingerprint density at radius 3 is 2.35 bits per heavy atom. The van der Waals surface area contributed by atoms with Crippen molar-refractivity contribution in [2.24, 2.45) is 11.8 Å². The summed E-state index contributed by atoms with van der Waals surface area (Å²) < 4.78 is 0. The standard InChI is InChI=1S/C14H25N3O3/c1-8(2)6-11-13(19)17(14(20)16-11)7-12(18)15-10(5)9(3)4/h8-11H,6-7H2,1-5H3,(H,15,18)(H,16,20)/t10-,11+/m1/s1. The maximum Gasteiger partial charge on any atom is 0.325 e. The lowest BCUT2D eigenvalue weighted by Gasteiger charge is -2.19. The SMILES string of the molecule is CC(C)C[C@@H]1NC(=O)N(CC(=O)N[C@H](C)C(C)C)C1=O. The first-order chi connectivity index (χ1) is 9.22. The van der Waals surface area contributed by atoms with E-state index < -0.39 is 12.1 Å². The molecule has 0 bridgehead atoms. The molecule has 6 heteroatoms. The van der Waals surface area contributed by atoms with E-state index in [1.54, 1.807) is 0 Å². The number of imide groups is 1. The van der Waals surface area contributed by atoms with Gasteiger partial charge in [0, 0.05) is 6.04 Å². The average molecular weight is 283 g/mol. The normalized spacial score (nSPS) is 20.6. The quantitative estimate of drug-likeness (QED) is 0.717. The van der Waals surface area contributed by atoms with Gasteiger partial charge in [-0.2, -0.15) is 0 Å². The molecule has 0 aliphatic carbocycles. The Hall–Kier alpha value is -1.59. The fourth-order valence-electron chi connectivity index (χ4n) is 1.97. The summed E-state index contributed by atoms with van der Waals surface area (Å²) in [6, 6.07) is -0.972. The summed E-state index contributed by atoms with van der Waals surface area (Å²) >= 11 is 0. The lowest BCUT2D eigenvalue weighted by atomic mass is 10.0. The average Bonchev–Trinajstić information content (AvgIpc) is 2.56. The number of nitrogens with zero attached hydrogens (tertiary/aromatic N) is 1. The van der Waals surface area contributed by atoms with Crippen LogP contribution in [0.1, 0.15) is 41.0 Å². The Bertz CT molecular complexity index is 393. The summed E-state index contributed by atoms with van der Waals surface area (Å²) in [7, 11) is 0. The summed E-state index contributed by atoms with van der Waals surface area (Å²) in [5.74, 6) is -0.00863. The second-order valence-electron chi connectivity index (χ2n) is 6.16. The molecular formula is C14H25N3O3. The van der Waals surface area contributed by atoms with Crippen LogP contribution in [0.5, 0.6) is 0 Å². The minimum absolute atomic E-state index is 0.00901. The van der Waals surface area contributed by atoms with Crippen LogP contribution in [-0.4, -0.2) is 41.4 Å². The van der Waals surface area contributed by atoms with E-state index in [4.69, 9.17) is 0 Å². The van der Waals surface area contributed by atoms with Crippen molar-refractivity contribution in [3.8, 4) is 0 Å². The van der Waals surface area contributed by atoms with Crippen LogP contribution in [0, 0.1) is 11.8 Å². The molecule has 1 saturated heterocycles. The van der Waals surface area contributed by atoms with Crippen molar-refractivity contribution in [1.29, 1.82) is 0 Å². The Labute approximate surface area is 120 Å². The van der Waals surface area contributed by atoms with Gasteiger partial charge in [0.05, 0.1) is 0 Å². The van der Waals surface area contributed by atoms with E-state index in [9.17, 15) is 14.4 Å². The number of rotatable bonds is 6. The number of carbonyl (C=O) groups is 3. The minimum Gasteiger partial charge on any atom is -0.352 e. The summed E-state index contributed by atoms with van der Waals surface area (Å²) in [5.41, 5.74) is 0. The van der Waals surface area contributed by atoms with Crippen molar-refractivity contribution in [1.82, 2.24) is 15.5 Å². The molecular weight excluding hydrogens is 258 g/mol. The van der Waals surface area contributed by atoms with Gasteiger partial charge in [-0.3, -0.25) is 14.5 Å². The molecule has 0 aromatic heterocycles. The number of amides is 4. The zero-order chi connectivity index (χ0) is 15.4. The summed E-state index contributed by atoms with van der Waals surface area (Å²) in [4.78, 5) is 36.7. The molecule has 4 amide bonds. The molecule has 1 rings (SSSR count). The van der Waals surface area contributed by atoms with Gasteiger partial charge in [0.15, 0.2) is 0 Å². The Balaban J connectivity index is 2.57. The smallest absolute Gasteiger partial charge is 0.325 e. The summed E-state index contributed by atoms with van der Waals surface area (Å²) in [5, 5.41) is 5.41. The van der Waals surface area contributed by atoms with E-state index in [2.05, 4.69) is 10.6 Å². The van der Waals surface area contributed by atoms with Gasteiger partial charge in [0.1, 0.15) is 12.6 Å². The summed E-state index contributed by atoms with van der Waals surface area (Å²) in [6.07, 6.45) is 0.588. The highest BCUT2D eigenvalue weighted by molar-refractivity contribution is 6.06. The highest BCUT2D eigenvalue weighted by Crippen LogP contribution is 2.14. The van der Waals surface area contributed by atoms with Crippen molar-refractivity contribution in [3.05, 3.63) is 0 Å². The van der Waals surface area contributed by atoms with Crippen molar-refractivity contribution >= 4 is 17.8 Å². The number of urea groups is 1. The fourth-order valence-corrected chi connectivity index (χ4v) is 1.97. The Kier molecular flexibility index (Phi) is 5.53. The monoisotopic (exact) mass is 283 g/mol. The van der Waals surface area contributed by atoms with Crippen LogP contribution in [0.15, 0.2) is 0 Å². The molecule has 1 aliphatic rings. The Morgan fingerprint density at radius 1 is 1.25 bits per heavy atom. The van der Waals surface area contributed by atoms with E-state index in [1.165, 1.54) is 0 Å². The number of carbonyl (C=O) groups excluding carboxylic acids is 3. The molecule has 1 aliphatic heterocycles. The highest BCUT2D eigenvalue weighted by Gasteiger charge is 2.39. The molecule has 0 unspecified atom stereocenters. The molecule has 20 heavy (non-hydrogen) atoms. The highest BCUT2D eigenvalue weighted by atomic mass is 16.2. The summed E-state index contributed by atoms with van der Waals surface area (Å²) in [6.45, 7) is 9.65. The van der Waals surface area contributed by atoms with Gasteiger partial charge in [0.25, 0.3) is 5.91 Å². The lowest BCUT2D eigenvalue weighted by molar-refractivity contribution is -0.132. The molecule has 0 saturated carbocycles. The van der Waals surface area contributed by atoms with Crippen LogP contribution < -0.4 is 10.6 Å². The van der Waals surface area contributed by atoms with E-state index in [0.717, 1.165) is 4.90 Å². The minimum atomic E-state index is -0.502. The first-order valence-electron chi connectivity index (χ1n) is 7.13. The van der Waals surface area contributed by atoms with Crippen molar-refractivity contribution in [2.45, 2.75) is 53.1 Å². The Morgan fingerprint density at radius 2 is 1.85 bits per heavy atom. The van der Waals surface area contributed by atoms with Gasteiger partial charge in [-0.25, -0.2) is 4.79 Å². The van der Waals surface area contributed by atoms with Gasteiger partial charge in [-0.1, -0.05) is 27.7 Å². The second kappa shape index (κ2) is 6.72. The van der Waals surface area contributed by atoms with Crippen LogP contribution >= 0.6 is 0 Å². The third-order valence-electron chi connectivity index (χ3n) is 3.50. The third kappa shape index (κ3) is 4.21. The van der Waals surface area contributed by atoms with Crippen LogP contribution in [0.4, 0.5) is 4.79 Å². The zero-order valence-electron chi connectivity index (χ0n) is 12.9. The van der Waals surface area contributed by atoms with Crippen LogP contribution in [-0.2, 0) is 9.59 Å². The van der Waals surface area contributed by atoms with E-state index >= 15 is 0 Å². The maximum absolute atomic E-state index is 12.1. The molecule has 0 aromatic carbocycles. The molecule has 1 fully saturated rings. The molecule has 2 N–H and O–H groups in total. The second-order valence-corrected chi connectivity index (χ2v) is 6.16. The van der Waals surface area contributed by atoms with E-state index in [-0.39, 0.29) is 24.4 Å². The van der Waals surface area contributed by atoms with Crippen LogP contribution in [0.2, 0.25) is 0 Å². The largest absolute Gasteiger partial charge is 0.352 e. The molecule has 6 nitrogen and oxygen atoms in total. The van der Waals surface area contributed by atoms with Crippen molar-refractivity contribution < 1.29 is 14.4 Å². The van der Waals surface area contributed by atoms with Gasteiger partial charge >= 0.3 is 6.03 Å². The molecule has 2 atom stereocenters. The zero-order valence-corrected chi connectivity index (χ0v) is 12.9. The molecule has 1 heterocycles. The number of hydrogen-bond donors (Lipinski definition) is 2.